The minimum atomic E-state index is -0.339. The summed E-state index contributed by atoms with van der Waals surface area (Å²) >= 11 is 0. The van der Waals surface area contributed by atoms with Gasteiger partial charge in [0, 0.05) is 46.6 Å². The zero-order chi connectivity index (χ0) is 19.0. The highest BCUT2D eigenvalue weighted by atomic mass is 19.1. The average molecular weight is 360 g/mol. The molecule has 0 aliphatic rings. The van der Waals surface area contributed by atoms with Gasteiger partial charge in [-0.2, -0.15) is 5.10 Å². The van der Waals surface area contributed by atoms with Crippen LogP contribution in [0, 0.1) is 12.7 Å². The number of aldehydes is 1. The predicted octanol–water partition coefficient (Wildman–Crippen LogP) is 4.44. The molecule has 3 heterocycles. The van der Waals surface area contributed by atoms with Crippen LogP contribution in [0.25, 0.3) is 33.4 Å². The standard InChI is InChI=1S/C21H17FN4O/c1-3-26-21-17(11-24-26)19(15-8-13(2)9-23-10-15)18(12-27)20(25-21)14-4-6-16(22)7-5-14/h4-12H,3H2,1-2H3. The number of carbonyl (C=O) groups is 1. The van der Waals surface area contributed by atoms with E-state index in [0.29, 0.717) is 29.0 Å². The average Bonchev–Trinajstić information content (AvgIpc) is 3.09. The van der Waals surface area contributed by atoms with Crippen molar-refractivity contribution in [1.82, 2.24) is 19.7 Å². The van der Waals surface area contributed by atoms with Crippen molar-refractivity contribution in [1.29, 1.82) is 0 Å². The summed E-state index contributed by atoms with van der Waals surface area (Å²) in [4.78, 5) is 21.1. The molecule has 27 heavy (non-hydrogen) atoms. The minimum Gasteiger partial charge on any atom is -0.298 e. The molecular formula is C21H17FN4O. The maximum atomic E-state index is 13.4. The molecule has 0 N–H and O–H groups in total. The number of fused-ring (bicyclic) bond motifs is 1. The Bertz CT molecular complexity index is 1150. The topological polar surface area (TPSA) is 60.7 Å². The molecule has 0 aliphatic heterocycles. The van der Waals surface area contributed by atoms with Crippen molar-refractivity contribution in [3.8, 4) is 22.4 Å². The van der Waals surface area contributed by atoms with E-state index in [1.807, 2.05) is 19.9 Å². The van der Waals surface area contributed by atoms with Crippen LogP contribution in [0.4, 0.5) is 4.39 Å². The van der Waals surface area contributed by atoms with Crippen LogP contribution in [0.15, 0.2) is 48.9 Å². The fourth-order valence-corrected chi connectivity index (χ4v) is 3.28. The van der Waals surface area contributed by atoms with Gasteiger partial charge in [-0.3, -0.25) is 9.78 Å². The minimum absolute atomic E-state index is 0.339. The monoisotopic (exact) mass is 360 g/mol. The number of hydrogen-bond acceptors (Lipinski definition) is 4. The van der Waals surface area contributed by atoms with Gasteiger partial charge in [-0.25, -0.2) is 14.1 Å². The van der Waals surface area contributed by atoms with Crippen LogP contribution in [-0.4, -0.2) is 26.0 Å². The van der Waals surface area contributed by atoms with Crippen LogP contribution < -0.4 is 0 Å². The lowest BCUT2D eigenvalue weighted by Gasteiger charge is -2.13. The van der Waals surface area contributed by atoms with Crippen LogP contribution in [0.2, 0.25) is 0 Å². The van der Waals surface area contributed by atoms with E-state index in [9.17, 15) is 9.18 Å². The van der Waals surface area contributed by atoms with Gasteiger partial charge < -0.3 is 0 Å². The SMILES string of the molecule is CCn1ncc2c(-c3cncc(C)c3)c(C=O)c(-c3ccc(F)cc3)nc21. The summed E-state index contributed by atoms with van der Waals surface area (Å²) in [5.74, 6) is -0.339. The fourth-order valence-electron chi connectivity index (χ4n) is 3.28. The van der Waals surface area contributed by atoms with Crippen LogP contribution in [0.3, 0.4) is 0 Å². The quantitative estimate of drug-likeness (QED) is 0.505. The lowest BCUT2D eigenvalue weighted by Crippen LogP contribution is -2.02. The van der Waals surface area contributed by atoms with Gasteiger partial charge in [0.25, 0.3) is 0 Å². The van der Waals surface area contributed by atoms with Crippen molar-refractivity contribution in [3.05, 3.63) is 65.9 Å². The van der Waals surface area contributed by atoms with Crippen LogP contribution in [0.1, 0.15) is 22.8 Å². The summed E-state index contributed by atoms with van der Waals surface area (Å²) in [6.07, 6.45) is 6.02. The third-order valence-corrected chi connectivity index (χ3v) is 4.52. The molecule has 0 spiro atoms. The van der Waals surface area contributed by atoms with E-state index in [1.54, 1.807) is 35.4 Å². The van der Waals surface area contributed by atoms with E-state index in [0.717, 1.165) is 28.4 Å². The second-order valence-corrected chi connectivity index (χ2v) is 6.32. The zero-order valence-corrected chi connectivity index (χ0v) is 15.0. The molecule has 5 nitrogen and oxygen atoms in total. The molecule has 0 saturated carbocycles. The van der Waals surface area contributed by atoms with Gasteiger partial charge in [-0.1, -0.05) is 0 Å². The summed E-state index contributed by atoms with van der Waals surface area (Å²) in [5, 5.41) is 5.19. The van der Waals surface area contributed by atoms with Gasteiger partial charge in [0.15, 0.2) is 11.9 Å². The molecule has 0 saturated heterocycles. The van der Waals surface area contributed by atoms with E-state index in [4.69, 9.17) is 4.98 Å². The first-order valence-corrected chi connectivity index (χ1v) is 8.65. The van der Waals surface area contributed by atoms with Crippen LogP contribution in [0.5, 0.6) is 0 Å². The zero-order valence-electron chi connectivity index (χ0n) is 15.0. The Hall–Kier alpha value is -3.41. The van der Waals surface area contributed by atoms with E-state index >= 15 is 0 Å². The van der Waals surface area contributed by atoms with E-state index in [1.165, 1.54) is 12.1 Å². The summed E-state index contributed by atoms with van der Waals surface area (Å²) in [5.41, 5.74) is 4.85. The Morgan fingerprint density at radius 3 is 2.56 bits per heavy atom. The second-order valence-electron chi connectivity index (χ2n) is 6.32. The lowest BCUT2D eigenvalue weighted by molar-refractivity contribution is 0.112. The molecule has 0 aliphatic carbocycles. The molecular weight excluding hydrogens is 343 g/mol. The Morgan fingerprint density at radius 2 is 1.89 bits per heavy atom. The van der Waals surface area contributed by atoms with Gasteiger partial charge in [0.05, 0.1) is 11.9 Å². The Kier molecular flexibility index (Phi) is 4.24. The van der Waals surface area contributed by atoms with Crippen molar-refractivity contribution in [3.63, 3.8) is 0 Å². The second kappa shape index (κ2) is 6.72. The van der Waals surface area contributed by atoms with Gasteiger partial charge in [-0.15, -0.1) is 0 Å². The van der Waals surface area contributed by atoms with Crippen LogP contribution >= 0.6 is 0 Å². The first-order valence-electron chi connectivity index (χ1n) is 8.65. The van der Waals surface area contributed by atoms with Gasteiger partial charge >= 0.3 is 0 Å². The number of benzene rings is 1. The van der Waals surface area contributed by atoms with Crippen molar-refractivity contribution < 1.29 is 9.18 Å². The molecule has 6 heteroatoms. The number of halogens is 1. The Balaban J connectivity index is 2.12. The van der Waals surface area contributed by atoms with Crippen LogP contribution in [-0.2, 0) is 6.54 Å². The number of carbonyl (C=O) groups excluding carboxylic acids is 1. The molecule has 1 aromatic carbocycles. The molecule has 0 atom stereocenters. The molecule has 0 fully saturated rings. The molecule has 0 bridgehead atoms. The summed E-state index contributed by atoms with van der Waals surface area (Å²) in [6, 6.07) is 7.96. The first kappa shape index (κ1) is 17.0. The molecule has 134 valence electrons. The van der Waals surface area contributed by atoms with Gasteiger partial charge in [0.1, 0.15) is 5.82 Å². The van der Waals surface area contributed by atoms with E-state index < -0.39 is 0 Å². The Morgan fingerprint density at radius 1 is 1.11 bits per heavy atom. The number of hydrogen-bond donors (Lipinski definition) is 0. The Labute approximate surface area is 155 Å². The first-order chi connectivity index (χ1) is 13.1. The van der Waals surface area contributed by atoms with Crippen molar-refractivity contribution >= 4 is 17.3 Å². The highest BCUT2D eigenvalue weighted by Gasteiger charge is 2.20. The van der Waals surface area contributed by atoms with E-state index in [-0.39, 0.29) is 5.82 Å². The van der Waals surface area contributed by atoms with E-state index in [2.05, 4.69) is 10.1 Å². The molecule has 3 aromatic heterocycles. The fraction of sp³-hybridized carbons (Fsp3) is 0.143. The smallest absolute Gasteiger partial charge is 0.159 e. The highest BCUT2D eigenvalue weighted by Crippen LogP contribution is 2.36. The maximum Gasteiger partial charge on any atom is 0.159 e. The molecule has 0 unspecified atom stereocenters. The number of aryl methyl sites for hydroxylation is 2. The summed E-state index contributed by atoms with van der Waals surface area (Å²) in [6.45, 7) is 4.57. The number of nitrogens with zero attached hydrogens (tertiary/aromatic N) is 4. The molecule has 4 aromatic rings. The maximum absolute atomic E-state index is 13.4. The highest BCUT2D eigenvalue weighted by molar-refractivity contribution is 6.06. The summed E-state index contributed by atoms with van der Waals surface area (Å²) in [7, 11) is 0. The number of aromatic nitrogens is 4. The van der Waals surface area contributed by atoms with Crippen molar-refractivity contribution in [2.45, 2.75) is 20.4 Å². The number of rotatable bonds is 4. The number of pyridine rings is 2. The van der Waals surface area contributed by atoms with Crippen molar-refractivity contribution in [2.24, 2.45) is 0 Å². The largest absolute Gasteiger partial charge is 0.298 e. The molecule has 4 rings (SSSR count). The third kappa shape index (κ3) is 2.89. The van der Waals surface area contributed by atoms with Gasteiger partial charge in [0.2, 0.25) is 0 Å². The van der Waals surface area contributed by atoms with Crippen molar-refractivity contribution in [2.75, 3.05) is 0 Å². The van der Waals surface area contributed by atoms with Gasteiger partial charge in [-0.05, 0) is 49.7 Å². The molecule has 0 radical (unpaired) electrons. The molecule has 0 amide bonds. The normalized spacial score (nSPS) is 11.1. The summed E-state index contributed by atoms with van der Waals surface area (Å²) < 4.78 is 15.2. The predicted molar refractivity (Wildman–Crippen MR) is 102 cm³/mol. The third-order valence-electron chi connectivity index (χ3n) is 4.52. The lowest BCUT2D eigenvalue weighted by atomic mass is 9.94.